The van der Waals surface area contributed by atoms with Crippen LogP contribution >= 0.6 is 0 Å². The van der Waals surface area contributed by atoms with Crippen LogP contribution < -0.4 is 5.32 Å². The van der Waals surface area contributed by atoms with Crippen LogP contribution in [-0.4, -0.2) is 32.2 Å². The van der Waals surface area contributed by atoms with Crippen LogP contribution in [-0.2, 0) is 16.6 Å². The molecule has 0 bridgehead atoms. The Morgan fingerprint density at radius 2 is 1.84 bits per heavy atom. The van der Waals surface area contributed by atoms with Crippen LogP contribution in [0.3, 0.4) is 0 Å². The Balaban J connectivity index is 1.47. The number of nitrogens with zero attached hydrogens (tertiary/aromatic N) is 3. The summed E-state index contributed by atoms with van der Waals surface area (Å²) in [6.45, 7) is 1.80. The number of ether oxygens (including phenoxy) is 1. The van der Waals surface area contributed by atoms with Crippen LogP contribution in [0.1, 0.15) is 37.0 Å². The number of aromatic nitrogens is 3. The molecule has 1 aliphatic carbocycles. The first-order valence-corrected chi connectivity index (χ1v) is 10.2. The van der Waals surface area contributed by atoms with E-state index in [1.54, 1.807) is 38.2 Å². The van der Waals surface area contributed by atoms with Crippen LogP contribution in [0, 0.1) is 17.3 Å². The van der Waals surface area contributed by atoms with Gasteiger partial charge in [0, 0.05) is 18.2 Å². The molecule has 2 N–H and O–H groups in total. The average Bonchev–Trinajstić information content (AvgIpc) is 3.52. The van der Waals surface area contributed by atoms with Crippen LogP contribution in [0.15, 0.2) is 54.6 Å². The van der Waals surface area contributed by atoms with Gasteiger partial charge >= 0.3 is 12.1 Å². The van der Waals surface area contributed by atoms with E-state index in [1.807, 2.05) is 30.3 Å². The maximum absolute atomic E-state index is 12.5. The number of aryl methyl sites for hydroxylation is 1. The Kier molecular flexibility index (Phi) is 5.65. The third-order valence-corrected chi connectivity index (χ3v) is 5.36. The molecule has 4 rings (SSSR count). The van der Waals surface area contributed by atoms with Gasteiger partial charge in [-0.15, -0.1) is 5.10 Å². The lowest BCUT2D eigenvalue weighted by Gasteiger charge is -2.14. The summed E-state index contributed by atoms with van der Waals surface area (Å²) in [5.74, 6) is 5.33. The van der Waals surface area contributed by atoms with E-state index in [2.05, 4.69) is 27.5 Å². The van der Waals surface area contributed by atoms with Gasteiger partial charge < -0.3 is 9.84 Å². The maximum Gasteiger partial charge on any atom is 0.413 e. The predicted octanol–water partition coefficient (Wildman–Crippen LogP) is 4.01. The zero-order valence-electron chi connectivity index (χ0n) is 17.7. The molecule has 32 heavy (non-hydrogen) atoms. The number of rotatable bonds is 5. The molecule has 0 unspecified atom stereocenters. The molecule has 8 nitrogen and oxygen atoms in total. The highest BCUT2D eigenvalue weighted by Crippen LogP contribution is 2.45. The Labute approximate surface area is 185 Å². The lowest BCUT2D eigenvalue weighted by Crippen LogP contribution is -2.18. The summed E-state index contributed by atoms with van der Waals surface area (Å²) in [5, 5.41) is 20.1. The summed E-state index contributed by atoms with van der Waals surface area (Å²) in [4.78, 5) is 23.7. The predicted molar refractivity (Wildman–Crippen MR) is 118 cm³/mol. The molecule has 162 valence electrons. The molecule has 1 aromatic heterocycles. The largest absolute Gasteiger partial charge is 0.480 e. The molecule has 8 heteroatoms. The van der Waals surface area contributed by atoms with Crippen LogP contribution in [0.2, 0.25) is 0 Å². The standard InChI is InChI=1S/C24H22N4O4/c1-16(18-6-4-3-5-7-18)32-23(31)25-21-20(26-27-28(21)2)19-10-8-17(9-11-19)12-13-24(14-15-24)22(29)30/h3-11,16H,14-15H2,1-2H3,(H,25,31)(H,29,30)/t16-/m1/s1. The second-order valence-electron chi connectivity index (χ2n) is 7.71. The van der Waals surface area contributed by atoms with Gasteiger partial charge in [-0.3, -0.25) is 10.1 Å². The van der Waals surface area contributed by atoms with E-state index in [9.17, 15) is 14.7 Å². The summed E-state index contributed by atoms with van der Waals surface area (Å²) >= 11 is 0. The van der Waals surface area contributed by atoms with Gasteiger partial charge in [-0.1, -0.05) is 59.5 Å². The molecule has 1 heterocycles. The molecule has 0 spiro atoms. The highest BCUT2D eigenvalue weighted by atomic mass is 16.6. The quantitative estimate of drug-likeness (QED) is 0.593. The highest BCUT2D eigenvalue weighted by molar-refractivity contribution is 5.88. The SMILES string of the molecule is C[C@@H](OC(=O)Nc1c(-c2ccc(C#CC3(C(=O)O)CC3)cc2)nnn1C)c1ccccc1. The number of aliphatic carboxylic acids is 1. The van der Waals surface area contributed by atoms with Crippen molar-refractivity contribution in [3.63, 3.8) is 0 Å². The summed E-state index contributed by atoms with van der Waals surface area (Å²) in [5.41, 5.74) is 1.92. The number of anilines is 1. The molecule has 1 aliphatic rings. The van der Waals surface area contributed by atoms with Gasteiger partial charge in [-0.25, -0.2) is 9.48 Å². The summed E-state index contributed by atoms with van der Waals surface area (Å²) in [6, 6.07) is 16.6. The van der Waals surface area contributed by atoms with Gasteiger partial charge in [0.15, 0.2) is 5.82 Å². The smallest absolute Gasteiger partial charge is 0.413 e. The fraction of sp³-hybridized carbons (Fsp3) is 0.250. The molecule has 2 aromatic carbocycles. The fourth-order valence-electron chi connectivity index (χ4n) is 3.19. The van der Waals surface area contributed by atoms with E-state index in [0.717, 1.165) is 11.1 Å². The van der Waals surface area contributed by atoms with Crippen molar-refractivity contribution in [2.75, 3.05) is 5.32 Å². The normalized spacial score (nSPS) is 14.6. The maximum atomic E-state index is 12.5. The van der Waals surface area contributed by atoms with Gasteiger partial charge in [0.05, 0.1) is 0 Å². The van der Waals surface area contributed by atoms with Crippen molar-refractivity contribution in [1.29, 1.82) is 0 Å². The van der Waals surface area contributed by atoms with Crippen LogP contribution in [0.4, 0.5) is 10.6 Å². The first-order valence-electron chi connectivity index (χ1n) is 10.2. The van der Waals surface area contributed by atoms with Crippen LogP contribution in [0.5, 0.6) is 0 Å². The van der Waals surface area contributed by atoms with E-state index in [-0.39, 0.29) is 0 Å². The molecule has 0 saturated heterocycles. The summed E-state index contributed by atoms with van der Waals surface area (Å²) in [6.07, 6.45) is 0.139. The number of nitrogens with one attached hydrogen (secondary N) is 1. The Hall–Kier alpha value is -4.12. The second kappa shape index (κ2) is 8.55. The van der Waals surface area contributed by atoms with Gasteiger partial charge in [-0.2, -0.15) is 0 Å². The number of hydrogen-bond acceptors (Lipinski definition) is 5. The van der Waals surface area contributed by atoms with Crippen molar-refractivity contribution < 1.29 is 19.4 Å². The third-order valence-electron chi connectivity index (χ3n) is 5.36. The number of carboxylic acids is 1. The molecule has 1 atom stereocenters. The zero-order chi connectivity index (χ0) is 22.7. The van der Waals surface area contributed by atoms with Gasteiger partial charge in [0.1, 0.15) is 17.2 Å². The van der Waals surface area contributed by atoms with Crippen molar-refractivity contribution >= 4 is 17.9 Å². The highest BCUT2D eigenvalue weighted by Gasteiger charge is 2.49. The van der Waals surface area contributed by atoms with Crippen molar-refractivity contribution in [3.8, 4) is 23.1 Å². The van der Waals surface area contributed by atoms with Crippen molar-refractivity contribution in [2.24, 2.45) is 12.5 Å². The average molecular weight is 430 g/mol. The summed E-state index contributed by atoms with van der Waals surface area (Å²) in [7, 11) is 1.67. The molecule has 3 aromatic rings. The minimum Gasteiger partial charge on any atom is -0.480 e. The number of hydrogen-bond donors (Lipinski definition) is 2. The first-order chi connectivity index (χ1) is 15.4. The van der Waals surface area contributed by atoms with Gasteiger partial charge in [0.25, 0.3) is 0 Å². The molecular formula is C24H22N4O4. The van der Waals surface area contributed by atoms with Crippen molar-refractivity contribution in [2.45, 2.75) is 25.9 Å². The second-order valence-corrected chi connectivity index (χ2v) is 7.71. The summed E-state index contributed by atoms with van der Waals surface area (Å²) < 4.78 is 6.94. The van der Waals surface area contributed by atoms with Crippen molar-refractivity contribution in [1.82, 2.24) is 15.0 Å². The molecule has 1 fully saturated rings. The van der Waals surface area contributed by atoms with E-state index >= 15 is 0 Å². The topological polar surface area (TPSA) is 106 Å². The monoisotopic (exact) mass is 430 g/mol. The fourth-order valence-corrected chi connectivity index (χ4v) is 3.19. The number of carbonyl (C=O) groups excluding carboxylic acids is 1. The minimum absolute atomic E-state index is 0.400. The first kappa shape index (κ1) is 21.1. The number of amides is 1. The third kappa shape index (κ3) is 4.47. The number of carbonyl (C=O) groups is 2. The molecule has 0 aliphatic heterocycles. The van der Waals surface area contributed by atoms with Crippen molar-refractivity contribution in [3.05, 3.63) is 65.7 Å². The van der Waals surface area contributed by atoms with E-state index < -0.39 is 23.6 Å². The number of benzene rings is 2. The minimum atomic E-state index is -0.891. The van der Waals surface area contributed by atoms with Crippen LogP contribution in [0.25, 0.3) is 11.3 Å². The van der Waals surface area contributed by atoms with E-state index in [0.29, 0.717) is 29.9 Å². The van der Waals surface area contributed by atoms with E-state index in [4.69, 9.17) is 4.74 Å². The van der Waals surface area contributed by atoms with Gasteiger partial charge in [0.2, 0.25) is 0 Å². The molecule has 0 radical (unpaired) electrons. The Bertz CT molecular complexity index is 1200. The Morgan fingerprint density at radius 3 is 2.47 bits per heavy atom. The lowest BCUT2D eigenvalue weighted by atomic mass is 10.1. The Morgan fingerprint density at radius 1 is 1.16 bits per heavy atom. The lowest BCUT2D eigenvalue weighted by molar-refractivity contribution is -0.141. The molecule has 1 amide bonds. The van der Waals surface area contributed by atoms with Gasteiger partial charge in [-0.05, 0) is 37.5 Å². The zero-order valence-corrected chi connectivity index (χ0v) is 17.7. The molecular weight excluding hydrogens is 408 g/mol. The molecule has 1 saturated carbocycles. The number of carboxylic acid groups (broad SMARTS) is 1. The van der Waals surface area contributed by atoms with E-state index in [1.165, 1.54) is 4.68 Å².